The number of halogens is 1. The molecule has 2 nitrogen and oxygen atoms in total. The van der Waals surface area contributed by atoms with Crippen LogP contribution in [0.3, 0.4) is 0 Å². The van der Waals surface area contributed by atoms with Crippen LogP contribution in [0.2, 0.25) is 0 Å². The average Bonchev–Trinajstić information content (AvgIpc) is 3.30. The Bertz CT molecular complexity index is 641. The third-order valence-corrected chi connectivity index (χ3v) is 4.85. The summed E-state index contributed by atoms with van der Waals surface area (Å²) in [7, 11) is 1.89. The number of carbonyl (C=O) groups is 1. The maximum absolute atomic E-state index is 12.5. The standard InChI is InChI=1S/C18H18BrNO/c1-20(12-14-9-5-6-10-17(14)19)18(21)16-11-15(16)13-7-3-2-4-8-13/h2-10,15-16H,11-12H2,1H3. The minimum absolute atomic E-state index is 0.153. The van der Waals surface area contributed by atoms with E-state index in [9.17, 15) is 4.79 Å². The zero-order chi connectivity index (χ0) is 14.8. The van der Waals surface area contributed by atoms with Gasteiger partial charge in [-0.2, -0.15) is 0 Å². The zero-order valence-electron chi connectivity index (χ0n) is 12.0. The van der Waals surface area contributed by atoms with Crippen LogP contribution in [0, 0.1) is 5.92 Å². The molecule has 0 N–H and O–H groups in total. The maximum atomic E-state index is 12.5. The molecule has 0 aliphatic heterocycles. The predicted molar refractivity (Wildman–Crippen MR) is 87.9 cm³/mol. The Hall–Kier alpha value is -1.61. The fraction of sp³-hybridized carbons (Fsp3) is 0.278. The number of carbonyl (C=O) groups excluding carboxylic acids is 1. The van der Waals surface area contributed by atoms with Crippen LogP contribution in [0.25, 0.3) is 0 Å². The Morgan fingerprint density at radius 1 is 1.14 bits per heavy atom. The van der Waals surface area contributed by atoms with Crippen LogP contribution in [-0.2, 0) is 11.3 Å². The Kier molecular flexibility index (Phi) is 4.11. The van der Waals surface area contributed by atoms with Gasteiger partial charge in [-0.15, -0.1) is 0 Å². The fourth-order valence-corrected chi connectivity index (χ4v) is 3.19. The molecule has 1 aliphatic rings. The van der Waals surface area contributed by atoms with Gasteiger partial charge in [0.05, 0.1) is 0 Å². The molecule has 0 spiro atoms. The second-order valence-electron chi connectivity index (χ2n) is 5.65. The molecule has 2 atom stereocenters. The Labute approximate surface area is 133 Å². The van der Waals surface area contributed by atoms with Gasteiger partial charge < -0.3 is 4.90 Å². The zero-order valence-corrected chi connectivity index (χ0v) is 13.6. The number of hydrogen-bond acceptors (Lipinski definition) is 1. The van der Waals surface area contributed by atoms with Gasteiger partial charge in [0.25, 0.3) is 0 Å². The van der Waals surface area contributed by atoms with E-state index in [2.05, 4.69) is 34.1 Å². The first kappa shape index (κ1) is 14.3. The van der Waals surface area contributed by atoms with Crippen molar-refractivity contribution in [1.82, 2.24) is 4.90 Å². The second-order valence-corrected chi connectivity index (χ2v) is 6.50. The molecule has 1 saturated carbocycles. The van der Waals surface area contributed by atoms with Crippen molar-refractivity contribution >= 4 is 21.8 Å². The van der Waals surface area contributed by atoms with Crippen molar-refractivity contribution in [2.24, 2.45) is 5.92 Å². The highest BCUT2D eigenvalue weighted by Gasteiger charge is 2.44. The van der Waals surface area contributed by atoms with E-state index in [4.69, 9.17) is 0 Å². The molecule has 2 aromatic carbocycles. The largest absolute Gasteiger partial charge is 0.341 e. The summed E-state index contributed by atoms with van der Waals surface area (Å²) in [5, 5.41) is 0. The van der Waals surface area contributed by atoms with Crippen LogP contribution in [0.1, 0.15) is 23.5 Å². The number of amides is 1. The molecule has 0 heterocycles. The molecule has 3 rings (SSSR count). The van der Waals surface area contributed by atoms with E-state index in [1.807, 2.05) is 48.3 Å². The van der Waals surface area contributed by atoms with Crippen LogP contribution >= 0.6 is 15.9 Å². The molecule has 21 heavy (non-hydrogen) atoms. The monoisotopic (exact) mass is 343 g/mol. The number of rotatable bonds is 4. The lowest BCUT2D eigenvalue weighted by Crippen LogP contribution is -2.28. The van der Waals surface area contributed by atoms with Gasteiger partial charge in [0, 0.05) is 24.0 Å². The average molecular weight is 344 g/mol. The molecular formula is C18H18BrNO. The van der Waals surface area contributed by atoms with E-state index < -0.39 is 0 Å². The van der Waals surface area contributed by atoms with Crippen molar-refractivity contribution in [3.05, 3.63) is 70.2 Å². The Morgan fingerprint density at radius 2 is 1.81 bits per heavy atom. The first-order valence-corrected chi connectivity index (χ1v) is 7.99. The third kappa shape index (κ3) is 3.18. The molecule has 0 aromatic heterocycles. The molecule has 1 aliphatic carbocycles. The summed E-state index contributed by atoms with van der Waals surface area (Å²) < 4.78 is 1.06. The summed E-state index contributed by atoms with van der Waals surface area (Å²) in [5.41, 5.74) is 2.43. The van der Waals surface area contributed by atoms with E-state index in [1.165, 1.54) is 5.56 Å². The summed E-state index contributed by atoms with van der Waals surface area (Å²) in [6, 6.07) is 18.4. The molecule has 2 aromatic rings. The van der Waals surface area contributed by atoms with Crippen molar-refractivity contribution in [3.8, 4) is 0 Å². The highest BCUT2D eigenvalue weighted by Crippen LogP contribution is 2.48. The summed E-state index contributed by atoms with van der Waals surface area (Å²) in [5.74, 6) is 0.805. The highest BCUT2D eigenvalue weighted by molar-refractivity contribution is 9.10. The van der Waals surface area contributed by atoms with Crippen molar-refractivity contribution in [1.29, 1.82) is 0 Å². The van der Waals surface area contributed by atoms with E-state index in [0.29, 0.717) is 12.5 Å². The van der Waals surface area contributed by atoms with Crippen molar-refractivity contribution < 1.29 is 4.79 Å². The smallest absolute Gasteiger partial charge is 0.226 e. The van der Waals surface area contributed by atoms with Crippen LogP contribution in [0.4, 0.5) is 0 Å². The Balaban J connectivity index is 1.63. The molecule has 0 radical (unpaired) electrons. The first-order valence-electron chi connectivity index (χ1n) is 7.20. The van der Waals surface area contributed by atoms with Crippen LogP contribution in [0.15, 0.2) is 59.1 Å². The van der Waals surface area contributed by atoms with Crippen LogP contribution < -0.4 is 0 Å². The van der Waals surface area contributed by atoms with E-state index in [1.54, 1.807) is 0 Å². The minimum atomic E-state index is 0.153. The highest BCUT2D eigenvalue weighted by atomic mass is 79.9. The van der Waals surface area contributed by atoms with E-state index in [0.717, 1.165) is 16.5 Å². The summed E-state index contributed by atoms with van der Waals surface area (Å²) >= 11 is 3.54. The van der Waals surface area contributed by atoms with Crippen LogP contribution in [0.5, 0.6) is 0 Å². The van der Waals surface area contributed by atoms with Crippen LogP contribution in [-0.4, -0.2) is 17.9 Å². The summed E-state index contributed by atoms with van der Waals surface area (Å²) in [4.78, 5) is 14.4. The molecule has 0 bridgehead atoms. The number of nitrogens with zero attached hydrogens (tertiary/aromatic N) is 1. The minimum Gasteiger partial charge on any atom is -0.341 e. The molecule has 1 amide bonds. The SMILES string of the molecule is CN(Cc1ccccc1Br)C(=O)C1CC1c1ccccc1. The molecular weight excluding hydrogens is 326 g/mol. The quantitative estimate of drug-likeness (QED) is 0.814. The first-order chi connectivity index (χ1) is 10.2. The Morgan fingerprint density at radius 3 is 2.52 bits per heavy atom. The third-order valence-electron chi connectivity index (χ3n) is 4.08. The van der Waals surface area contributed by atoms with Gasteiger partial charge in [-0.3, -0.25) is 4.79 Å². The molecule has 2 unspecified atom stereocenters. The van der Waals surface area contributed by atoms with Crippen molar-refractivity contribution in [2.75, 3.05) is 7.05 Å². The molecule has 108 valence electrons. The predicted octanol–water partition coefficient (Wildman–Crippen LogP) is 4.21. The lowest BCUT2D eigenvalue weighted by Gasteiger charge is -2.18. The lowest BCUT2D eigenvalue weighted by molar-refractivity contribution is -0.131. The summed E-state index contributed by atoms with van der Waals surface area (Å²) in [6.45, 7) is 0.651. The van der Waals surface area contributed by atoms with Gasteiger partial charge in [-0.1, -0.05) is 64.5 Å². The van der Waals surface area contributed by atoms with Gasteiger partial charge in [0.2, 0.25) is 5.91 Å². The van der Waals surface area contributed by atoms with E-state index in [-0.39, 0.29) is 11.8 Å². The van der Waals surface area contributed by atoms with E-state index >= 15 is 0 Å². The topological polar surface area (TPSA) is 20.3 Å². The fourth-order valence-electron chi connectivity index (χ4n) is 2.78. The lowest BCUT2D eigenvalue weighted by atomic mass is 10.1. The summed E-state index contributed by atoms with van der Waals surface area (Å²) in [6.07, 6.45) is 0.975. The van der Waals surface area contributed by atoms with Crippen molar-refractivity contribution in [3.63, 3.8) is 0 Å². The van der Waals surface area contributed by atoms with Crippen molar-refractivity contribution in [2.45, 2.75) is 18.9 Å². The van der Waals surface area contributed by atoms with Gasteiger partial charge in [-0.25, -0.2) is 0 Å². The second kappa shape index (κ2) is 6.02. The van der Waals surface area contributed by atoms with Gasteiger partial charge in [0.1, 0.15) is 0 Å². The van der Waals surface area contributed by atoms with Gasteiger partial charge >= 0.3 is 0 Å². The maximum Gasteiger partial charge on any atom is 0.226 e. The van der Waals surface area contributed by atoms with Gasteiger partial charge in [0.15, 0.2) is 0 Å². The number of hydrogen-bond donors (Lipinski definition) is 0. The van der Waals surface area contributed by atoms with Gasteiger partial charge in [-0.05, 0) is 29.5 Å². The normalized spacial score (nSPS) is 20.1. The molecule has 0 saturated heterocycles. The number of benzene rings is 2. The molecule has 3 heteroatoms. The molecule has 1 fully saturated rings.